The van der Waals surface area contributed by atoms with E-state index in [-0.39, 0.29) is 22.5 Å². The van der Waals surface area contributed by atoms with Crippen molar-refractivity contribution >= 4 is 33.0 Å². The SMILES string of the molecule is COc1cc(C(C)O)c([N+](=O)[O-])cc1OCCCCCCCCCCCCSSCCCCCCCCCCCCOc1cc([N+](=O)[O-])c(C(C)O)cc1OC. The zero-order chi connectivity index (χ0) is 41.0. The monoisotopic (exact) mass is 824 g/mol. The highest BCUT2D eigenvalue weighted by Crippen LogP contribution is 2.39. The van der Waals surface area contributed by atoms with Crippen molar-refractivity contribution in [1.82, 2.24) is 0 Å². The highest BCUT2D eigenvalue weighted by atomic mass is 33.1. The summed E-state index contributed by atoms with van der Waals surface area (Å²) in [5.74, 6) is 3.96. The molecule has 0 saturated carbocycles. The van der Waals surface area contributed by atoms with Crippen molar-refractivity contribution in [2.24, 2.45) is 0 Å². The number of unbranched alkanes of at least 4 members (excludes halogenated alkanes) is 18. The second kappa shape index (κ2) is 30.2. The van der Waals surface area contributed by atoms with Crippen LogP contribution in [0.5, 0.6) is 23.0 Å². The van der Waals surface area contributed by atoms with Gasteiger partial charge in [-0.3, -0.25) is 20.2 Å². The second-order valence-corrected chi connectivity index (χ2v) is 17.1. The lowest BCUT2D eigenvalue weighted by atomic mass is 10.1. The molecule has 0 fully saturated rings. The summed E-state index contributed by atoms with van der Waals surface area (Å²) in [7, 11) is 7.04. The number of rotatable bonds is 35. The average molecular weight is 825 g/mol. The van der Waals surface area contributed by atoms with Crippen LogP contribution in [0.1, 0.15) is 166 Å². The van der Waals surface area contributed by atoms with Crippen molar-refractivity contribution in [3.05, 3.63) is 55.6 Å². The van der Waals surface area contributed by atoms with Crippen LogP contribution < -0.4 is 18.9 Å². The standard InChI is InChI=1S/C42H68N2O10S2/c1-33(45)35-29-39(51-3)41(31-37(35)43(47)48)53-25-21-17-13-9-5-7-11-15-19-23-27-55-56-28-24-20-16-12-8-6-10-14-18-22-26-54-42-32-38(44(49)50)36(34(2)46)30-40(42)52-4/h29-34,45-46H,5-28H2,1-4H3. The fourth-order valence-electron chi connectivity index (χ4n) is 6.50. The molecule has 0 aliphatic rings. The van der Waals surface area contributed by atoms with Crippen molar-refractivity contribution in [2.45, 2.75) is 154 Å². The molecule has 0 aromatic heterocycles. The predicted molar refractivity (Wildman–Crippen MR) is 229 cm³/mol. The molecule has 0 saturated heterocycles. The maximum atomic E-state index is 11.4. The Morgan fingerprint density at radius 3 is 1.05 bits per heavy atom. The Labute approximate surface area is 342 Å². The molecule has 0 spiro atoms. The molecule has 318 valence electrons. The zero-order valence-electron chi connectivity index (χ0n) is 34.3. The fourth-order valence-corrected chi connectivity index (χ4v) is 8.79. The summed E-state index contributed by atoms with van der Waals surface area (Å²) in [4.78, 5) is 21.8. The third-order valence-electron chi connectivity index (χ3n) is 9.76. The summed E-state index contributed by atoms with van der Waals surface area (Å²) < 4.78 is 22.2. The van der Waals surface area contributed by atoms with Crippen LogP contribution in [0.4, 0.5) is 11.4 Å². The highest BCUT2D eigenvalue weighted by Gasteiger charge is 2.24. The van der Waals surface area contributed by atoms with Crippen molar-refractivity contribution in [2.75, 3.05) is 38.9 Å². The van der Waals surface area contributed by atoms with E-state index in [0.717, 1.165) is 38.5 Å². The molecule has 0 bridgehead atoms. The number of nitro groups is 2. The van der Waals surface area contributed by atoms with Gasteiger partial charge in [0.1, 0.15) is 0 Å². The molecule has 0 heterocycles. The smallest absolute Gasteiger partial charge is 0.279 e. The molecular weight excluding hydrogens is 757 g/mol. The number of nitrogens with zero attached hydrogens (tertiary/aromatic N) is 2. The maximum Gasteiger partial charge on any atom is 0.279 e. The van der Waals surface area contributed by atoms with E-state index in [0.29, 0.717) is 36.2 Å². The van der Waals surface area contributed by atoms with E-state index in [1.807, 2.05) is 21.6 Å². The van der Waals surface area contributed by atoms with Gasteiger partial charge in [-0.15, -0.1) is 0 Å². The lowest BCUT2D eigenvalue weighted by molar-refractivity contribution is -0.386. The Balaban J connectivity index is 1.32. The highest BCUT2D eigenvalue weighted by molar-refractivity contribution is 8.76. The second-order valence-electron chi connectivity index (χ2n) is 14.4. The van der Waals surface area contributed by atoms with E-state index in [1.54, 1.807) is 0 Å². The molecule has 12 nitrogen and oxygen atoms in total. The minimum absolute atomic E-state index is 0.161. The van der Waals surface area contributed by atoms with Gasteiger partial charge in [-0.2, -0.15) is 0 Å². The van der Waals surface area contributed by atoms with Crippen LogP contribution in [-0.4, -0.2) is 59.0 Å². The van der Waals surface area contributed by atoms with Gasteiger partial charge in [-0.05, 0) is 51.7 Å². The lowest BCUT2D eigenvalue weighted by Gasteiger charge is -2.14. The van der Waals surface area contributed by atoms with E-state index in [9.17, 15) is 30.4 Å². The summed E-state index contributed by atoms with van der Waals surface area (Å²) in [5.41, 5.74) is 0.106. The van der Waals surface area contributed by atoms with Gasteiger partial charge in [0.15, 0.2) is 23.0 Å². The molecule has 2 unspecified atom stereocenters. The third-order valence-corrected chi connectivity index (χ3v) is 12.3. The van der Waals surface area contributed by atoms with Crippen molar-refractivity contribution in [1.29, 1.82) is 0 Å². The Morgan fingerprint density at radius 2 is 0.786 bits per heavy atom. The van der Waals surface area contributed by atoms with E-state index in [2.05, 4.69) is 0 Å². The van der Waals surface area contributed by atoms with Gasteiger partial charge in [0, 0.05) is 11.5 Å². The molecule has 2 aromatic rings. The van der Waals surface area contributed by atoms with Crippen LogP contribution in [-0.2, 0) is 0 Å². The van der Waals surface area contributed by atoms with Crippen molar-refractivity contribution in [3.8, 4) is 23.0 Å². The van der Waals surface area contributed by atoms with Crippen LogP contribution in [0.2, 0.25) is 0 Å². The van der Waals surface area contributed by atoms with Gasteiger partial charge in [0.2, 0.25) is 0 Å². The van der Waals surface area contributed by atoms with E-state index in [4.69, 9.17) is 18.9 Å². The summed E-state index contributed by atoms with van der Waals surface area (Å²) in [6.45, 7) is 3.93. The first-order valence-electron chi connectivity index (χ1n) is 20.7. The van der Waals surface area contributed by atoms with Gasteiger partial charge in [0.25, 0.3) is 11.4 Å². The molecule has 0 aliphatic heterocycles. The number of ether oxygens (including phenoxy) is 4. The Morgan fingerprint density at radius 1 is 0.500 bits per heavy atom. The number of hydrogen-bond acceptors (Lipinski definition) is 12. The quantitative estimate of drug-likeness (QED) is 0.0293. The number of benzene rings is 2. The molecule has 2 rings (SSSR count). The van der Waals surface area contributed by atoms with Crippen LogP contribution in [0.3, 0.4) is 0 Å². The minimum atomic E-state index is -0.971. The largest absolute Gasteiger partial charge is 0.493 e. The Kier molecular flexibility index (Phi) is 26.5. The molecule has 14 heteroatoms. The van der Waals surface area contributed by atoms with Crippen LogP contribution >= 0.6 is 21.6 Å². The minimum Gasteiger partial charge on any atom is -0.493 e. The summed E-state index contributed by atoms with van der Waals surface area (Å²) in [6, 6.07) is 5.66. The molecule has 0 radical (unpaired) electrons. The van der Waals surface area contributed by atoms with Gasteiger partial charge >= 0.3 is 0 Å². The third kappa shape index (κ3) is 20.0. The van der Waals surface area contributed by atoms with E-state index >= 15 is 0 Å². The summed E-state index contributed by atoms with van der Waals surface area (Å²) in [6.07, 6.45) is 22.3. The molecule has 2 aromatic carbocycles. The normalized spacial score (nSPS) is 12.3. The maximum absolute atomic E-state index is 11.4. The zero-order valence-corrected chi connectivity index (χ0v) is 35.9. The van der Waals surface area contributed by atoms with Crippen LogP contribution in [0.25, 0.3) is 0 Å². The molecular formula is C42H68N2O10S2. The van der Waals surface area contributed by atoms with Crippen LogP contribution in [0, 0.1) is 20.2 Å². The average Bonchev–Trinajstić information content (AvgIpc) is 3.18. The van der Waals surface area contributed by atoms with Gasteiger partial charge in [-0.1, -0.05) is 124 Å². The van der Waals surface area contributed by atoms with E-state index in [1.165, 1.54) is 154 Å². The number of nitro benzene ring substituents is 2. The molecule has 2 atom stereocenters. The summed E-state index contributed by atoms with van der Waals surface area (Å²) in [5, 5.41) is 42.6. The van der Waals surface area contributed by atoms with Gasteiger partial charge in [0.05, 0.1) is 72.7 Å². The molecule has 2 N–H and O–H groups in total. The number of aliphatic hydroxyl groups is 2. The molecule has 0 aliphatic carbocycles. The van der Waals surface area contributed by atoms with Crippen molar-refractivity contribution in [3.63, 3.8) is 0 Å². The molecule has 0 amide bonds. The van der Waals surface area contributed by atoms with Crippen molar-refractivity contribution < 1.29 is 39.0 Å². The van der Waals surface area contributed by atoms with Gasteiger partial charge in [-0.25, -0.2) is 0 Å². The molecule has 56 heavy (non-hydrogen) atoms. The fraction of sp³-hybridized carbons (Fsp3) is 0.714. The number of aliphatic hydroxyl groups excluding tert-OH is 2. The summed E-state index contributed by atoms with van der Waals surface area (Å²) >= 11 is 0. The predicted octanol–water partition coefficient (Wildman–Crippen LogP) is 12.3. The number of methoxy groups -OCH3 is 2. The first-order chi connectivity index (χ1) is 27.1. The Bertz CT molecular complexity index is 1290. The van der Waals surface area contributed by atoms with Gasteiger partial charge < -0.3 is 29.2 Å². The topological polar surface area (TPSA) is 164 Å². The lowest BCUT2D eigenvalue weighted by Crippen LogP contribution is -2.04. The van der Waals surface area contributed by atoms with Crippen LogP contribution in [0.15, 0.2) is 24.3 Å². The number of hydrogen-bond donors (Lipinski definition) is 2. The first-order valence-corrected chi connectivity index (χ1v) is 23.2. The first kappa shape index (κ1) is 49.2. The Hall–Kier alpha value is -2.94. The van der Waals surface area contributed by atoms with E-state index < -0.39 is 22.1 Å².